The van der Waals surface area contributed by atoms with Crippen LogP contribution in [-0.2, 0) is 22.4 Å². The summed E-state index contributed by atoms with van der Waals surface area (Å²) in [5.74, 6) is 0.588. The number of carbonyl (C=O) groups excluding carboxylic acids is 2. The lowest BCUT2D eigenvalue weighted by molar-refractivity contribution is -0.123. The van der Waals surface area contributed by atoms with Crippen molar-refractivity contribution >= 4 is 22.8 Å². The Morgan fingerprint density at radius 1 is 1.17 bits per heavy atom. The minimum atomic E-state index is -0.816. The molecule has 4 rings (SSSR count). The van der Waals surface area contributed by atoms with Crippen molar-refractivity contribution in [2.45, 2.75) is 25.9 Å². The van der Waals surface area contributed by atoms with Crippen LogP contribution in [0.1, 0.15) is 23.6 Å². The number of rotatable bonds is 5. The van der Waals surface area contributed by atoms with E-state index in [4.69, 9.17) is 9.47 Å². The number of pyridine rings is 1. The van der Waals surface area contributed by atoms with Crippen molar-refractivity contribution in [2.24, 2.45) is 0 Å². The molecule has 1 unspecified atom stereocenters. The van der Waals surface area contributed by atoms with E-state index < -0.39 is 18.1 Å². The van der Waals surface area contributed by atoms with Crippen LogP contribution in [0.2, 0.25) is 0 Å². The van der Waals surface area contributed by atoms with E-state index >= 15 is 0 Å². The predicted octanol–water partition coefficient (Wildman–Crippen LogP) is 3.64. The Balaban J connectivity index is 1.62. The molecule has 2 heterocycles. The quantitative estimate of drug-likeness (QED) is 0.717. The number of nitrogens with zero attached hydrogens (tertiary/aromatic N) is 2. The molecular formula is C22H17N3O4. The van der Waals surface area contributed by atoms with Crippen molar-refractivity contribution in [3.05, 3.63) is 65.4 Å². The van der Waals surface area contributed by atoms with Gasteiger partial charge in [0.15, 0.2) is 6.10 Å². The molecule has 29 heavy (non-hydrogen) atoms. The molecule has 1 aromatic heterocycles. The van der Waals surface area contributed by atoms with Crippen molar-refractivity contribution in [1.82, 2.24) is 10.3 Å². The highest BCUT2D eigenvalue weighted by molar-refractivity contribution is 6.00. The Labute approximate surface area is 166 Å². The molecule has 0 radical (unpaired) electrons. The van der Waals surface area contributed by atoms with Gasteiger partial charge < -0.3 is 9.47 Å². The van der Waals surface area contributed by atoms with Gasteiger partial charge in [-0.2, -0.15) is 5.26 Å². The van der Waals surface area contributed by atoms with Crippen LogP contribution >= 0.6 is 0 Å². The molecule has 1 saturated heterocycles. The molecule has 7 heteroatoms. The summed E-state index contributed by atoms with van der Waals surface area (Å²) in [5, 5.41) is 12.9. The second-order valence-corrected chi connectivity index (χ2v) is 6.61. The molecular weight excluding hydrogens is 370 g/mol. The zero-order valence-corrected chi connectivity index (χ0v) is 15.6. The Bertz CT molecular complexity index is 1170. The number of cyclic esters (lactones) is 1. The number of nitriles is 1. The molecule has 2 amide bonds. The Morgan fingerprint density at radius 2 is 1.97 bits per heavy atom. The molecule has 3 aromatic rings. The molecule has 1 N–H and O–H groups in total. The number of carbonyl (C=O) groups is 2. The first kappa shape index (κ1) is 18.4. The topological polar surface area (TPSA) is 101 Å². The predicted molar refractivity (Wildman–Crippen MR) is 104 cm³/mol. The van der Waals surface area contributed by atoms with E-state index in [1.54, 1.807) is 6.07 Å². The lowest BCUT2D eigenvalue weighted by Crippen LogP contribution is -2.26. The second-order valence-electron chi connectivity index (χ2n) is 6.61. The van der Waals surface area contributed by atoms with Gasteiger partial charge in [-0.1, -0.05) is 31.2 Å². The summed E-state index contributed by atoms with van der Waals surface area (Å²) in [5.41, 5.74) is 2.38. The Kier molecular flexibility index (Phi) is 4.83. The lowest BCUT2D eigenvalue weighted by Gasteiger charge is -2.14. The summed E-state index contributed by atoms with van der Waals surface area (Å²) in [6.07, 6.45) is 0.996. The number of imide groups is 1. The first-order valence-corrected chi connectivity index (χ1v) is 9.18. The van der Waals surface area contributed by atoms with E-state index in [1.165, 1.54) is 6.20 Å². The van der Waals surface area contributed by atoms with Crippen LogP contribution in [0.3, 0.4) is 0 Å². The summed E-state index contributed by atoms with van der Waals surface area (Å²) >= 11 is 0. The van der Waals surface area contributed by atoms with Crippen LogP contribution < -0.4 is 10.1 Å². The second kappa shape index (κ2) is 7.60. The average molecular weight is 387 g/mol. The van der Waals surface area contributed by atoms with Gasteiger partial charge in [-0.25, -0.2) is 9.78 Å². The van der Waals surface area contributed by atoms with Crippen molar-refractivity contribution in [3.8, 4) is 17.7 Å². The van der Waals surface area contributed by atoms with Crippen LogP contribution in [0, 0.1) is 11.3 Å². The van der Waals surface area contributed by atoms with Gasteiger partial charge in [0.05, 0.1) is 5.56 Å². The number of fused-ring (bicyclic) bond motifs is 1. The van der Waals surface area contributed by atoms with E-state index in [0.29, 0.717) is 23.6 Å². The number of alkyl carbamates (subject to hydrolysis) is 1. The molecule has 0 saturated carbocycles. The molecule has 144 valence electrons. The highest BCUT2D eigenvalue weighted by Crippen LogP contribution is 2.31. The minimum absolute atomic E-state index is 0.305. The SMILES string of the molecule is CCc1cc(Oc2ncc(C#N)c3ccccc23)ccc1CC1OC(=O)NC1=O. The van der Waals surface area contributed by atoms with Crippen LogP contribution in [-0.4, -0.2) is 23.1 Å². The van der Waals surface area contributed by atoms with Crippen molar-refractivity contribution in [1.29, 1.82) is 5.26 Å². The number of hydrogen-bond donors (Lipinski definition) is 1. The maximum Gasteiger partial charge on any atom is 0.414 e. The molecule has 0 spiro atoms. The van der Waals surface area contributed by atoms with E-state index in [2.05, 4.69) is 16.4 Å². The number of ether oxygens (including phenoxy) is 2. The number of amides is 2. The van der Waals surface area contributed by atoms with Crippen LogP contribution in [0.5, 0.6) is 11.6 Å². The lowest BCUT2D eigenvalue weighted by atomic mass is 9.99. The van der Waals surface area contributed by atoms with Crippen LogP contribution in [0.4, 0.5) is 4.79 Å². The zero-order chi connectivity index (χ0) is 20.4. The fourth-order valence-electron chi connectivity index (χ4n) is 3.37. The fraction of sp³-hybridized carbons (Fsp3) is 0.182. The summed E-state index contributed by atoms with van der Waals surface area (Å²) in [7, 11) is 0. The first-order valence-electron chi connectivity index (χ1n) is 9.18. The monoisotopic (exact) mass is 387 g/mol. The molecule has 2 aromatic carbocycles. The third-order valence-corrected chi connectivity index (χ3v) is 4.82. The Morgan fingerprint density at radius 3 is 2.66 bits per heavy atom. The highest BCUT2D eigenvalue weighted by Gasteiger charge is 2.32. The molecule has 1 fully saturated rings. The molecule has 7 nitrogen and oxygen atoms in total. The highest BCUT2D eigenvalue weighted by atomic mass is 16.6. The number of aromatic nitrogens is 1. The Hall–Kier alpha value is -3.92. The summed E-state index contributed by atoms with van der Waals surface area (Å²) in [6, 6.07) is 15.1. The third-order valence-electron chi connectivity index (χ3n) is 4.82. The van der Waals surface area contributed by atoms with Gasteiger partial charge in [0, 0.05) is 23.4 Å². The van der Waals surface area contributed by atoms with Gasteiger partial charge in [-0.05, 0) is 35.7 Å². The number of benzene rings is 2. The third kappa shape index (κ3) is 3.60. The van der Waals surface area contributed by atoms with Crippen molar-refractivity contribution in [2.75, 3.05) is 0 Å². The van der Waals surface area contributed by atoms with Gasteiger partial charge in [-0.15, -0.1) is 0 Å². The minimum Gasteiger partial charge on any atom is -0.438 e. The van der Waals surface area contributed by atoms with Gasteiger partial charge in [0.25, 0.3) is 5.91 Å². The van der Waals surface area contributed by atoms with E-state index in [1.807, 2.05) is 43.3 Å². The van der Waals surface area contributed by atoms with E-state index in [-0.39, 0.29) is 0 Å². The first-order chi connectivity index (χ1) is 14.1. The summed E-state index contributed by atoms with van der Waals surface area (Å²) < 4.78 is 11.0. The largest absolute Gasteiger partial charge is 0.438 e. The smallest absolute Gasteiger partial charge is 0.414 e. The average Bonchev–Trinajstić information content (AvgIpc) is 3.06. The van der Waals surface area contributed by atoms with E-state index in [9.17, 15) is 14.9 Å². The normalized spacial score (nSPS) is 15.7. The van der Waals surface area contributed by atoms with Crippen molar-refractivity contribution < 1.29 is 19.1 Å². The van der Waals surface area contributed by atoms with Gasteiger partial charge in [-0.3, -0.25) is 10.1 Å². The molecule has 1 aliphatic rings. The van der Waals surface area contributed by atoms with E-state index in [0.717, 1.165) is 28.3 Å². The van der Waals surface area contributed by atoms with Gasteiger partial charge in [0.1, 0.15) is 11.8 Å². The van der Waals surface area contributed by atoms with Crippen LogP contribution in [0.15, 0.2) is 48.7 Å². The van der Waals surface area contributed by atoms with Crippen molar-refractivity contribution in [3.63, 3.8) is 0 Å². The van der Waals surface area contributed by atoms with Gasteiger partial charge in [0.2, 0.25) is 5.88 Å². The number of nitrogens with one attached hydrogen (secondary N) is 1. The maximum absolute atomic E-state index is 11.8. The maximum atomic E-state index is 11.8. The summed E-state index contributed by atoms with van der Waals surface area (Å²) in [4.78, 5) is 27.3. The summed E-state index contributed by atoms with van der Waals surface area (Å²) in [6.45, 7) is 2.00. The molecule has 0 bridgehead atoms. The fourth-order valence-corrected chi connectivity index (χ4v) is 3.37. The number of hydrogen-bond acceptors (Lipinski definition) is 6. The molecule has 1 aliphatic heterocycles. The van der Waals surface area contributed by atoms with Gasteiger partial charge >= 0.3 is 6.09 Å². The number of aryl methyl sites for hydroxylation is 1. The van der Waals surface area contributed by atoms with Crippen LogP contribution in [0.25, 0.3) is 10.8 Å². The standard InChI is InChI=1S/C22H17N3O4/c1-2-13-9-16(8-7-14(13)10-19-20(26)25-22(27)29-19)28-21-18-6-4-3-5-17(18)15(11-23)12-24-21/h3-9,12,19H,2,10H2,1H3,(H,25,26,27). The molecule has 0 aliphatic carbocycles. The molecule has 1 atom stereocenters. The zero-order valence-electron chi connectivity index (χ0n) is 15.6.